The van der Waals surface area contributed by atoms with Crippen molar-refractivity contribution >= 4 is 17.5 Å². The second kappa shape index (κ2) is 3.28. The van der Waals surface area contributed by atoms with Crippen molar-refractivity contribution in [1.82, 2.24) is 4.90 Å². The smallest absolute Gasteiger partial charge is 0.253 e. The minimum atomic E-state index is 0.0770. The minimum absolute atomic E-state index is 0.0770. The summed E-state index contributed by atoms with van der Waals surface area (Å²) in [4.78, 5) is 13.5. The number of carbonyl (C=O) groups is 1. The average molecular weight is 210 g/mol. The summed E-state index contributed by atoms with van der Waals surface area (Å²) in [5.74, 6) is 0.0770. The van der Waals surface area contributed by atoms with Crippen LogP contribution in [0.2, 0.25) is 5.02 Å². The van der Waals surface area contributed by atoms with E-state index in [1.165, 1.54) is 0 Å². The Morgan fingerprint density at radius 3 is 2.86 bits per heavy atom. The largest absolute Gasteiger partial charge is 0.341 e. The highest BCUT2D eigenvalue weighted by atomic mass is 35.5. The van der Waals surface area contributed by atoms with Crippen molar-refractivity contribution in [3.63, 3.8) is 0 Å². The van der Waals surface area contributed by atoms with Gasteiger partial charge in [0.1, 0.15) is 0 Å². The Kier molecular flexibility index (Phi) is 2.23. The molecule has 3 heteroatoms. The fourth-order valence-corrected chi connectivity index (χ4v) is 1.91. The van der Waals surface area contributed by atoms with Crippen LogP contribution >= 0.6 is 11.6 Å². The number of nitrogens with zero attached hydrogens (tertiary/aromatic N) is 1. The molecule has 2 rings (SSSR count). The molecule has 14 heavy (non-hydrogen) atoms. The molecule has 0 saturated heterocycles. The van der Waals surface area contributed by atoms with E-state index in [0.717, 1.165) is 29.7 Å². The van der Waals surface area contributed by atoms with Crippen LogP contribution in [0, 0.1) is 6.92 Å². The van der Waals surface area contributed by atoms with Crippen molar-refractivity contribution in [1.29, 1.82) is 0 Å². The monoisotopic (exact) mass is 209 g/mol. The average Bonchev–Trinajstić information content (AvgIpc) is 2.15. The minimum Gasteiger partial charge on any atom is -0.341 e. The Hall–Kier alpha value is -1.02. The summed E-state index contributed by atoms with van der Waals surface area (Å²) in [5, 5.41) is 0.674. The normalized spacial score (nSPS) is 15.6. The molecule has 1 aromatic rings. The van der Waals surface area contributed by atoms with Gasteiger partial charge in [-0.3, -0.25) is 4.79 Å². The summed E-state index contributed by atoms with van der Waals surface area (Å²) in [7, 11) is 1.82. The zero-order valence-electron chi connectivity index (χ0n) is 8.30. The molecule has 74 valence electrons. The molecule has 2 nitrogen and oxygen atoms in total. The molecule has 0 fully saturated rings. The summed E-state index contributed by atoms with van der Waals surface area (Å²) < 4.78 is 0. The second-order valence-corrected chi connectivity index (χ2v) is 4.14. The maximum absolute atomic E-state index is 11.7. The number of halogens is 1. The van der Waals surface area contributed by atoms with E-state index >= 15 is 0 Å². The highest BCUT2D eigenvalue weighted by molar-refractivity contribution is 6.31. The molecule has 1 amide bonds. The lowest BCUT2D eigenvalue weighted by atomic mass is 9.97. The van der Waals surface area contributed by atoms with E-state index in [-0.39, 0.29) is 5.91 Å². The predicted octanol–water partition coefficient (Wildman–Crippen LogP) is 2.28. The van der Waals surface area contributed by atoms with Gasteiger partial charge in [0, 0.05) is 24.2 Å². The Morgan fingerprint density at radius 1 is 1.43 bits per heavy atom. The number of aryl methyl sites for hydroxylation is 1. The van der Waals surface area contributed by atoms with Gasteiger partial charge in [-0.05, 0) is 30.5 Å². The Balaban J connectivity index is 2.56. The summed E-state index contributed by atoms with van der Waals surface area (Å²) in [6.45, 7) is 2.76. The number of hydrogen-bond donors (Lipinski definition) is 0. The molecule has 0 saturated carbocycles. The van der Waals surface area contributed by atoms with Gasteiger partial charge >= 0.3 is 0 Å². The van der Waals surface area contributed by atoms with Gasteiger partial charge in [-0.25, -0.2) is 0 Å². The van der Waals surface area contributed by atoms with Crippen molar-refractivity contribution in [2.24, 2.45) is 0 Å². The van der Waals surface area contributed by atoms with Crippen LogP contribution in [-0.4, -0.2) is 24.4 Å². The molecule has 0 N–H and O–H groups in total. The molecule has 0 spiro atoms. The van der Waals surface area contributed by atoms with Gasteiger partial charge < -0.3 is 4.90 Å². The predicted molar refractivity (Wildman–Crippen MR) is 56.9 cm³/mol. The maximum Gasteiger partial charge on any atom is 0.253 e. The topological polar surface area (TPSA) is 20.3 Å². The first-order valence-electron chi connectivity index (χ1n) is 4.64. The molecular weight excluding hydrogens is 198 g/mol. The third kappa shape index (κ3) is 1.40. The van der Waals surface area contributed by atoms with Crippen molar-refractivity contribution in [2.75, 3.05) is 13.6 Å². The number of rotatable bonds is 0. The Morgan fingerprint density at radius 2 is 2.14 bits per heavy atom. The molecule has 1 heterocycles. The second-order valence-electron chi connectivity index (χ2n) is 3.74. The first kappa shape index (κ1) is 9.53. The van der Waals surface area contributed by atoms with Gasteiger partial charge in [0.25, 0.3) is 5.91 Å². The molecule has 1 aliphatic heterocycles. The lowest BCUT2D eigenvalue weighted by Crippen LogP contribution is -2.34. The SMILES string of the molecule is Cc1cc2c(cc1Cl)C(=O)N(C)CC2. The maximum atomic E-state index is 11.7. The van der Waals surface area contributed by atoms with Crippen molar-refractivity contribution < 1.29 is 4.79 Å². The lowest BCUT2D eigenvalue weighted by molar-refractivity contribution is 0.0781. The summed E-state index contributed by atoms with van der Waals surface area (Å²) in [6, 6.07) is 3.80. The highest BCUT2D eigenvalue weighted by Crippen LogP contribution is 2.25. The van der Waals surface area contributed by atoms with Crippen LogP contribution in [0.3, 0.4) is 0 Å². The van der Waals surface area contributed by atoms with Gasteiger partial charge in [-0.15, -0.1) is 0 Å². The van der Waals surface area contributed by atoms with Crippen LogP contribution in [0.15, 0.2) is 12.1 Å². The number of carbonyl (C=O) groups excluding carboxylic acids is 1. The third-order valence-electron chi connectivity index (χ3n) is 2.68. The van der Waals surface area contributed by atoms with E-state index in [4.69, 9.17) is 11.6 Å². The first-order chi connectivity index (χ1) is 6.59. The quantitative estimate of drug-likeness (QED) is 0.642. The van der Waals surface area contributed by atoms with E-state index < -0.39 is 0 Å². The lowest BCUT2D eigenvalue weighted by Gasteiger charge is -2.25. The molecule has 0 atom stereocenters. The van der Waals surface area contributed by atoms with E-state index in [2.05, 4.69) is 0 Å². The fourth-order valence-electron chi connectivity index (χ4n) is 1.74. The molecule has 0 unspecified atom stereocenters. The zero-order chi connectivity index (χ0) is 10.3. The van der Waals surface area contributed by atoms with Gasteiger partial charge in [0.05, 0.1) is 0 Å². The first-order valence-corrected chi connectivity index (χ1v) is 5.02. The van der Waals surface area contributed by atoms with E-state index in [1.54, 1.807) is 11.0 Å². The zero-order valence-corrected chi connectivity index (χ0v) is 9.06. The standard InChI is InChI=1S/C11H12ClNO/c1-7-5-8-3-4-13(2)11(14)9(8)6-10(7)12/h5-6H,3-4H2,1-2H3. The van der Waals surface area contributed by atoms with Crippen LogP contribution in [0.1, 0.15) is 21.5 Å². The Labute approximate surface area is 88.5 Å². The molecular formula is C11H12ClNO. The van der Waals surface area contributed by atoms with Gasteiger partial charge in [-0.2, -0.15) is 0 Å². The number of amides is 1. The number of hydrogen-bond acceptors (Lipinski definition) is 1. The molecule has 1 aliphatic rings. The van der Waals surface area contributed by atoms with Crippen LogP contribution < -0.4 is 0 Å². The Bertz CT molecular complexity index is 401. The van der Waals surface area contributed by atoms with Crippen molar-refractivity contribution in [3.8, 4) is 0 Å². The molecule has 0 aliphatic carbocycles. The number of fused-ring (bicyclic) bond motifs is 1. The highest BCUT2D eigenvalue weighted by Gasteiger charge is 2.21. The fraction of sp³-hybridized carbons (Fsp3) is 0.364. The van der Waals surface area contributed by atoms with E-state index in [9.17, 15) is 4.79 Å². The summed E-state index contributed by atoms with van der Waals surface area (Å²) in [6.07, 6.45) is 0.926. The van der Waals surface area contributed by atoms with Crippen molar-refractivity contribution in [2.45, 2.75) is 13.3 Å². The van der Waals surface area contributed by atoms with Crippen LogP contribution in [0.4, 0.5) is 0 Å². The molecule has 0 aromatic heterocycles. The molecule has 0 bridgehead atoms. The third-order valence-corrected chi connectivity index (χ3v) is 3.09. The summed E-state index contributed by atoms with van der Waals surface area (Å²) in [5.41, 5.74) is 2.92. The molecule has 0 radical (unpaired) electrons. The van der Waals surface area contributed by atoms with Crippen LogP contribution in [0.5, 0.6) is 0 Å². The van der Waals surface area contributed by atoms with Gasteiger partial charge in [0.2, 0.25) is 0 Å². The number of benzene rings is 1. The van der Waals surface area contributed by atoms with E-state index in [0.29, 0.717) is 5.02 Å². The summed E-state index contributed by atoms with van der Waals surface area (Å²) >= 11 is 5.99. The van der Waals surface area contributed by atoms with Crippen LogP contribution in [-0.2, 0) is 6.42 Å². The van der Waals surface area contributed by atoms with Crippen LogP contribution in [0.25, 0.3) is 0 Å². The van der Waals surface area contributed by atoms with E-state index in [1.807, 2.05) is 20.0 Å². The van der Waals surface area contributed by atoms with Crippen molar-refractivity contribution in [3.05, 3.63) is 33.8 Å². The number of likely N-dealkylation sites (N-methyl/N-ethyl adjacent to an activating group) is 1. The van der Waals surface area contributed by atoms with Gasteiger partial charge in [0.15, 0.2) is 0 Å². The molecule has 1 aromatic carbocycles. The van der Waals surface area contributed by atoms with Gasteiger partial charge in [-0.1, -0.05) is 17.7 Å².